The van der Waals surface area contributed by atoms with E-state index >= 15 is 0 Å². The van der Waals surface area contributed by atoms with Gasteiger partial charge in [0.25, 0.3) is 11.8 Å². The van der Waals surface area contributed by atoms with Gasteiger partial charge < -0.3 is 18.9 Å². The molecule has 0 spiro atoms. The van der Waals surface area contributed by atoms with Crippen molar-refractivity contribution in [3.8, 4) is 5.75 Å². The fourth-order valence-electron chi connectivity index (χ4n) is 3.75. The molecular weight excluding hydrogens is 559 g/mol. The van der Waals surface area contributed by atoms with Crippen molar-refractivity contribution < 1.29 is 46.5 Å². The highest BCUT2D eigenvalue weighted by Crippen LogP contribution is 2.37. The summed E-state index contributed by atoms with van der Waals surface area (Å²) >= 11 is 0. The topological polar surface area (TPSA) is 115 Å². The maximum atomic E-state index is 13.8. The van der Waals surface area contributed by atoms with Crippen LogP contribution in [-0.2, 0) is 31.8 Å². The molecule has 0 aromatic heterocycles. The molecule has 1 aliphatic rings. The average molecular weight is 594 g/mol. The Hall–Kier alpha value is -4.26. The number of amides is 3. The van der Waals surface area contributed by atoms with Gasteiger partial charge in [-0.2, -0.15) is 13.2 Å². The molecule has 0 saturated carbocycles. The number of benzene rings is 2. The van der Waals surface area contributed by atoms with Crippen LogP contribution in [0.25, 0.3) is 0 Å². The first-order valence-corrected chi connectivity index (χ1v) is 13.1. The number of carbonyl (C=O) groups excluding carboxylic acids is 3. The van der Waals surface area contributed by atoms with E-state index in [1.54, 1.807) is 20.8 Å². The summed E-state index contributed by atoms with van der Waals surface area (Å²) in [6, 6.07) is 12.2. The molecule has 42 heavy (non-hydrogen) atoms. The van der Waals surface area contributed by atoms with Crippen molar-refractivity contribution in [2.75, 3.05) is 13.2 Å². The third-order valence-corrected chi connectivity index (χ3v) is 5.69. The molecule has 0 unspecified atom stereocenters. The second-order valence-electron chi connectivity index (χ2n) is 10.7. The van der Waals surface area contributed by atoms with E-state index in [9.17, 15) is 27.6 Å². The molecule has 228 valence electrons. The molecule has 0 aliphatic carbocycles. The normalized spacial score (nSPS) is 14.5. The van der Waals surface area contributed by atoms with Crippen LogP contribution in [0, 0.1) is 0 Å². The molecule has 3 amide bonds. The fraction of sp³-hybridized carbons (Fsp3) is 0.414. The van der Waals surface area contributed by atoms with Crippen LogP contribution in [0.4, 0.5) is 18.0 Å². The predicted molar refractivity (Wildman–Crippen MR) is 145 cm³/mol. The standard InChI is InChI=1S/C29H34F3N3O7/c1-27(2,3)42-26(38)35-22(18-41-28(35,4)5)25(37)34-33-24(36)20-12-13-23(21(16-20)29(30,31)32)40-15-9-14-39-17-19-10-7-6-8-11-19/h6-8,10-13,16,18H,9,14-15,17H2,1-5H3,(H,33,36)(H,34,37). The number of rotatable bonds is 9. The second-order valence-corrected chi connectivity index (χ2v) is 10.7. The van der Waals surface area contributed by atoms with Gasteiger partial charge in [-0.3, -0.25) is 20.4 Å². The molecule has 2 aromatic carbocycles. The highest BCUT2D eigenvalue weighted by atomic mass is 19.4. The Morgan fingerprint density at radius 3 is 2.26 bits per heavy atom. The Bertz CT molecular complexity index is 1310. The molecule has 0 radical (unpaired) electrons. The Morgan fingerprint density at radius 2 is 1.62 bits per heavy atom. The first kappa shape index (κ1) is 32.3. The molecule has 0 saturated heterocycles. The van der Waals surface area contributed by atoms with Crippen LogP contribution in [0.5, 0.6) is 5.75 Å². The molecule has 0 bridgehead atoms. The monoisotopic (exact) mass is 593 g/mol. The summed E-state index contributed by atoms with van der Waals surface area (Å²) in [5, 5.41) is 0. The SMILES string of the molecule is CC(C)(C)OC(=O)N1C(C(=O)NNC(=O)c2ccc(OCCCOCc3ccccc3)c(C(F)(F)F)c2)=COC1(C)C. The van der Waals surface area contributed by atoms with E-state index in [1.165, 1.54) is 13.8 Å². The van der Waals surface area contributed by atoms with Crippen LogP contribution >= 0.6 is 0 Å². The lowest BCUT2D eigenvalue weighted by atomic mass is 10.1. The molecule has 2 aromatic rings. The van der Waals surface area contributed by atoms with Gasteiger partial charge >= 0.3 is 12.3 Å². The number of hydrazine groups is 1. The number of carbonyl (C=O) groups is 3. The highest BCUT2D eigenvalue weighted by Gasteiger charge is 2.45. The molecule has 0 atom stereocenters. The zero-order valence-corrected chi connectivity index (χ0v) is 24.0. The van der Waals surface area contributed by atoms with E-state index in [4.69, 9.17) is 18.9 Å². The number of hydrogen-bond donors (Lipinski definition) is 2. The molecule has 10 nitrogen and oxygen atoms in total. The van der Waals surface area contributed by atoms with Gasteiger partial charge in [-0.15, -0.1) is 0 Å². The van der Waals surface area contributed by atoms with Gasteiger partial charge in [0.1, 0.15) is 17.6 Å². The van der Waals surface area contributed by atoms with Crippen molar-refractivity contribution in [2.24, 2.45) is 0 Å². The summed E-state index contributed by atoms with van der Waals surface area (Å²) in [7, 11) is 0. The minimum absolute atomic E-state index is 0.0405. The second kappa shape index (κ2) is 13.1. The van der Waals surface area contributed by atoms with Crippen molar-refractivity contribution in [1.29, 1.82) is 0 Å². The van der Waals surface area contributed by atoms with Gasteiger partial charge in [-0.25, -0.2) is 9.69 Å². The van der Waals surface area contributed by atoms with Gasteiger partial charge in [-0.05, 0) is 58.4 Å². The van der Waals surface area contributed by atoms with Crippen LogP contribution in [0.15, 0.2) is 60.5 Å². The third-order valence-electron chi connectivity index (χ3n) is 5.69. The van der Waals surface area contributed by atoms with Gasteiger partial charge in [0.15, 0.2) is 11.4 Å². The lowest BCUT2D eigenvalue weighted by Crippen LogP contribution is -2.51. The van der Waals surface area contributed by atoms with Crippen LogP contribution in [0.1, 0.15) is 62.5 Å². The van der Waals surface area contributed by atoms with Crippen molar-refractivity contribution >= 4 is 17.9 Å². The molecule has 13 heteroatoms. The van der Waals surface area contributed by atoms with Gasteiger partial charge in [-0.1, -0.05) is 30.3 Å². The Kier molecular flexibility index (Phi) is 10.1. The average Bonchev–Trinajstić information content (AvgIpc) is 3.23. The smallest absolute Gasteiger partial charge is 0.419 e. The summed E-state index contributed by atoms with van der Waals surface area (Å²) in [6.45, 7) is 8.58. The van der Waals surface area contributed by atoms with Crippen LogP contribution in [-0.4, -0.2) is 47.3 Å². The number of hydrogen-bond acceptors (Lipinski definition) is 7. The lowest BCUT2D eigenvalue weighted by Gasteiger charge is -2.33. The van der Waals surface area contributed by atoms with Crippen molar-refractivity contribution in [2.45, 2.75) is 65.1 Å². The van der Waals surface area contributed by atoms with Crippen LogP contribution < -0.4 is 15.6 Å². The van der Waals surface area contributed by atoms with E-state index in [1.807, 2.05) is 30.3 Å². The lowest BCUT2D eigenvalue weighted by molar-refractivity contribution is -0.139. The van der Waals surface area contributed by atoms with Gasteiger partial charge in [0.2, 0.25) is 0 Å². The summed E-state index contributed by atoms with van der Waals surface area (Å²) in [5.41, 5.74) is 1.15. The summed E-state index contributed by atoms with van der Waals surface area (Å²) < 4.78 is 62.8. The Balaban J connectivity index is 1.58. The predicted octanol–water partition coefficient (Wildman–Crippen LogP) is 5.30. The number of halogens is 3. The maximum absolute atomic E-state index is 13.8. The summed E-state index contributed by atoms with van der Waals surface area (Å²) in [4.78, 5) is 39.0. The first-order chi connectivity index (χ1) is 19.6. The van der Waals surface area contributed by atoms with E-state index in [-0.39, 0.29) is 24.5 Å². The van der Waals surface area contributed by atoms with Crippen LogP contribution in [0.3, 0.4) is 0 Å². The van der Waals surface area contributed by atoms with E-state index in [0.717, 1.165) is 28.9 Å². The molecule has 1 aliphatic heterocycles. The number of ether oxygens (including phenoxy) is 4. The molecule has 2 N–H and O–H groups in total. The quantitative estimate of drug-likeness (QED) is 0.300. The summed E-state index contributed by atoms with van der Waals surface area (Å²) in [6.07, 6.45) is -4.32. The molecule has 3 rings (SSSR count). The van der Waals surface area contributed by atoms with Crippen molar-refractivity contribution in [3.63, 3.8) is 0 Å². The molecular formula is C29H34F3N3O7. The van der Waals surface area contributed by atoms with Crippen molar-refractivity contribution in [3.05, 3.63) is 77.2 Å². The van der Waals surface area contributed by atoms with Crippen LogP contribution in [0.2, 0.25) is 0 Å². The first-order valence-electron chi connectivity index (χ1n) is 13.1. The third kappa shape index (κ3) is 8.87. The summed E-state index contributed by atoms with van der Waals surface area (Å²) in [5.74, 6) is -2.43. The minimum Gasteiger partial charge on any atom is -0.493 e. The zero-order chi connectivity index (χ0) is 31.1. The van der Waals surface area contributed by atoms with Crippen molar-refractivity contribution in [1.82, 2.24) is 15.8 Å². The Labute approximate surface area is 241 Å². The number of alkyl halides is 3. The maximum Gasteiger partial charge on any atom is 0.419 e. The molecule has 1 heterocycles. The fourth-order valence-corrected chi connectivity index (χ4v) is 3.75. The molecule has 0 fully saturated rings. The van der Waals surface area contributed by atoms with E-state index < -0.39 is 46.7 Å². The van der Waals surface area contributed by atoms with E-state index in [2.05, 4.69) is 10.9 Å². The van der Waals surface area contributed by atoms with Gasteiger partial charge in [0, 0.05) is 12.0 Å². The highest BCUT2D eigenvalue weighted by molar-refractivity contribution is 6.00. The largest absolute Gasteiger partial charge is 0.493 e. The minimum atomic E-state index is -4.82. The van der Waals surface area contributed by atoms with Gasteiger partial charge in [0.05, 0.1) is 25.4 Å². The number of nitrogens with one attached hydrogen (secondary N) is 2. The Morgan fingerprint density at radius 1 is 0.952 bits per heavy atom. The van der Waals surface area contributed by atoms with E-state index in [0.29, 0.717) is 19.1 Å². The zero-order valence-electron chi connectivity index (χ0n) is 24.0. The number of nitrogens with zero attached hydrogens (tertiary/aromatic N) is 1.